The second-order valence-corrected chi connectivity index (χ2v) is 6.88. The molecule has 5 heteroatoms. The summed E-state index contributed by atoms with van der Waals surface area (Å²) in [7, 11) is 0. The Labute approximate surface area is 126 Å². The molecule has 1 atom stereocenters. The number of hydrogen-bond acceptors (Lipinski definition) is 2. The molecule has 1 N–H and O–H groups in total. The molecule has 1 unspecified atom stereocenters. The maximum Gasteiger partial charge on any atom is 0.323 e. The summed E-state index contributed by atoms with van der Waals surface area (Å²) < 4.78 is 0.921. The number of aliphatic carboxylic acids is 1. The molecule has 1 fully saturated rings. The number of rotatable bonds is 5. The van der Waals surface area contributed by atoms with E-state index in [9.17, 15) is 9.59 Å². The van der Waals surface area contributed by atoms with Gasteiger partial charge >= 0.3 is 5.97 Å². The third-order valence-corrected chi connectivity index (χ3v) is 4.21. The van der Waals surface area contributed by atoms with Gasteiger partial charge in [0.2, 0.25) is 5.91 Å². The lowest BCUT2D eigenvalue weighted by atomic mass is 10.1. The molecule has 1 amide bonds. The van der Waals surface area contributed by atoms with E-state index >= 15 is 0 Å². The van der Waals surface area contributed by atoms with Gasteiger partial charge in [-0.15, -0.1) is 0 Å². The standard InChI is InChI=1S/C15H18BrNO3/c1-15(2)7-12(15)14(20)17(9-13(18)19)8-10-4-3-5-11(16)6-10/h3-6,12H,7-9H2,1-2H3,(H,18,19). The minimum Gasteiger partial charge on any atom is -0.480 e. The highest BCUT2D eigenvalue weighted by Crippen LogP contribution is 2.52. The number of carbonyl (C=O) groups is 2. The molecular weight excluding hydrogens is 322 g/mol. The van der Waals surface area contributed by atoms with Crippen molar-refractivity contribution in [3.63, 3.8) is 0 Å². The average Bonchev–Trinajstić information content (AvgIpc) is 2.96. The first-order valence-electron chi connectivity index (χ1n) is 6.54. The van der Waals surface area contributed by atoms with Crippen molar-refractivity contribution in [2.75, 3.05) is 6.54 Å². The van der Waals surface area contributed by atoms with E-state index in [0.717, 1.165) is 16.5 Å². The van der Waals surface area contributed by atoms with Crippen molar-refractivity contribution in [3.05, 3.63) is 34.3 Å². The zero-order chi connectivity index (χ0) is 14.9. The first-order valence-corrected chi connectivity index (χ1v) is 7.34. The molecule has 1 saturated carbocycles. The van der Waals surface area contributed by atoms with Crippen LogP contribution >= 0.6 is 15.9 Å². The molecule has 0 spiro atoms. The molecule has 0 radical (unpaired) electrons. The van der Waals surface area contributed by atoms with Crippen LogP contribution in [-0.4, -0.2) is 28.4 Å². The van der Waals surface area contributed by atoms with Gasteiger partial charge in [-0.3, -0.25) is 9.59 Å². The quantitative estimate of drug-likeness (QED) is 0.897. The Balaban J connectivity index is 2.12. The van der Waals surface area contributed by atoms with Gasteiger partial charge in [-0.25, -0.2) is 0 Å². The predicted molar refractivity (Wildman–Crippen MR) is 79.1 cm³/mol. The number of benzene rings is 1. The van der Waals surface area contributed by atoms with Crippen LogP contribution < -0.4 is 0 Å². The molecule has 20 heavy (non-hydrogen) atoms. The highest BCUT2D eigenvalue weighted by molar-refractivity contribution is 9.10. The largest absolute Gasteiger partial charge is 0.480 e. The van der Waals surface area contributed by atoms with E-state index in [1.165, 1.54) is 4.90 Å². The van der Waals surface area contributed by atoms with Crippen LogP contribution in [0.2, 0.25) is 0 Å². The van der Waals surface area contributed by atoms with Crippen LogP contribution in [0.15, 0.2) is 28.7 Å². The van der Waals surface area contributed by atoms with Gasteiger partial charge in [-0.05, 0) is 29.5 Å². The van der Waals surface area contributed by atoms with E-state index < -0.39 is 5.97 Å². The van der Waals surface area contributed by atoms with Crippen LogP contribution in [-0.2, 0) is 16.1 Å². The third kappa shape index (κ3) is 3.60. The summed E-state index contributed by atoms with van der Waals surface area (Å²) in [6.07, 6.45) is 0.834. The fourth-order valence-corrected chi connectivity index (χ4v) is 2.79. The SMILES string of the molecule is CC1(C)CC1C(=O)N(CC(=O)O)Cc1cccc(Br)c1. The number of carboxylic acids is 1. The number of carbonyl (C=O) groups excluding carboxylic acids is 1. The van der Waals surface area contributed by atoms with Gasteiger partial charge in [0.05, 0.1) is 0 Å². The van der Waals surface area contributed by atoms with E-state index in [2.05, 4.69) is 15.9 Å². The second-order valence-electron chi connectivity index (χ2n) is 5.96. The van der Waals surface area contributed by atoms with Gasteiger partial charge in [-0.2, -0.15) is 0 Å². The average molecular weight is 340 g/mol. The van der Waals surface area contributed by atoms with Crippen molar-refractivity contribution in [1.29, 1.82) is 0 Å². The number of nitrogens with zero attached hydrogens (tertiary/aromatic N) is 1. The van der Waals surface area contributed by atoms with Crippen LogP contribution in [0, 0.1) is 11.3 Å². The van der Waals surface area contributed by atoms with E-state index in [1.54, 1.807) is 0 Å². The molecular formula is C15H18BrNO3. The minimum absolute atomic E-state index is 0.00507. The lowest BCUT2D eigenvalue weighted by molar-refractivity contribution is -0.145. The molecule has 108 valence electrons. The molecule has 0 bridgehead atoms. The van der Waals surface area contributed by atoms with E-state index in [0.29, 0.717) is 6.54 Å². The van der Waals surface area contributed by atoms with Crippen molar-refractivity contribution in [2.24, 2.45) is 11.3 Å². The molecule has 1 aromatic carbocycles. The Kier molecular flexibility index (Phi) is 4.18. The molecule has 0 aromatic heterocycles. The third-order valence-electron chi connectivity index (χ3n) is 3.71. The van der Waals surface area contributed by atoms with Gasteiger partial charge < -0.3 is 10.0 Å². The summed E-state index contributed by atoms with van der Waals surface area (Å²) in [6.45, 7) is 4.15. The van der Waals surface area contributed by atoms with Crippen molar-refractivity contribution < 1.29 is 14.7 Å². The van der Waals surface area contributed by atoms with Crippen LogP contribution in [0.3, 0.4) is 0 Å². The molecule has 1 aliphatic carbocycles. The van der Waals surface area contributed by atoms with Crippen LogP contribution in [0.5, 0.6) is 0 Å². The lowest BCUT2D eigenvalue weighted by Crippen LogP contribution is -2.37. The maximum atomic E-state index is 12.4. The van der Waals surface area contributed by atoms with Crippen molar-refractivity contribution >= 4 is 27.8 Å². The summed E-state index contributed by atoms with van der Waals surface area (Å²) in [6, 6.07) is 7.58. The smallest absolute Gasteiger partial charge is 0.323 e. The van der Waals surface area contributed by atoms with E-state index in [-0.39, 0.29) is 23.8 Å². The normalized spacial score (nSPS) is 19.4. The van der Waals surface area contributed by atoms with Gasteiger partial charge in [0.1, 0.15) is 6.54 Å². The molecule has 0 saturated heterocycles. The van der Waals surface area contributed by atoms with Crippen LogP contribution in [0.4, 0.5) is 0 Å². The Hall–Kier alpha value is -1.36. The zero-order valence-corrected chi connectivity index (χ0v) is 13.2. The maximum absolute atomic E-state index is 12.4. The summed E-state index contributed by atoms with van der Waals surface area (Å²) in [5.74, 6) is -1.09. The van der Waals surface area contributed by atoms with Gasteiger partial charge in [-0.1, -0.05) is 41.9 Å². The molecule has 0 heterocycles. The first kappa shape index (κ1) is 15.0. The number of amides is 1. The minimum atomic E-state index is -0.980. The number of halogens is 1. The second kappa shape index (κ2) is 5.56. The fourth-order valence-electron chi connectivity index (χ4n) is 2.34. The Morgan fingerprint density at radius 3 is 2.60 bits per heavy atom. The Morgan fingerprint density at radius 1 is 1.45 bits per heavy atom. The predicted octanol–water partition coefficient (Wildman–Crippen LogP) is 2.91. The topological polar surface area (TPSA) is 57.6 Å². The molecule has 2 rings (SSSR count). The first-order chi connectivity index (χ1) is 9.29. The lowest BCUT2D eigenvalue weighted by Gasteiger charge is -2.22. The zero-order valence-electron chi connectivity index (χ0n) is 11.6. The number of hydrogen-bond donors (Lipinski definition) is 1. The van der Waals surface area contributed by atoms with E-state index in [1.807, 2.05) is 38.1 Å². The highest BCUT2D eigenvalue weighted by Gasteiger charge is 2.52. The summed E-state index contributed by atoms with van der Waals surface area (Å²) >= 11 is 3.38. The summed E-state index contributed by atoms with van der Waals surface area (Å²) in [5.41, 5.74) is 0.929. The summed E-state index contributed by atoms with van der Waals surface area (Å²) in [4.78, 5) is 24.8. The molecule has 1 aliphatic rings. The van der Waals surface area contributed by atoms with Crippen molar-refractivity contribution in [3.8, 4) is 0 Å². The molecule has 1 aromatic rings. The van der Waals surface area contributed by atoms with Crippen LogP contribution in [0.1, 0.15) is 25.8 Å². The summed E-state index contributed by atoms with van der Waals surface area (Å²) in [5, 5.41) is 8.99. The van der Waals surface area contributed by atoms with Gasteiger partial charge in [0.25, 0.3) is 0 Å². The molecule has 0 aliphatic heterocycles. The molecule has 4 nitrogen and oxygen atoms in total. The van der Waals surface area contributed by atoms with Gasteiger partial charge in [0.15, 0.2) is 0 Å². The van der Waals surface area contributed by atoms with E-state index in [4.69, 9.17) is 5.11 Å². The Morgan fingerprint density at radius 2 is 2.10 bits per heavy atom. The Bertz CT molecular complexity index is 542. The van der Waals surface area contributed by atoms with Gasteiger partial charge in [0, 0.05) is 16.9 Å². The monoisotopic (exact) mass is 339 g/mol. The van der Waals surface area contributed by atoms with Crippen LogP contribution in [0.25, 0.3) is 0 Å². The fraction of sp³-hybridized carbons (Fsp3) is 0.467. The highest BCUT2D eigenvalue weighted by atomic mass is 79.9. The number of carboxylic acid groups (broad SMARTS) is 1. The van der Waals surface area contributed by atoms with Crippen molar-refractivity contribution in [2.45, 2.75) is 26.8 Å². The van der Waals surface area contributed by atoms with Crippen molar-refractivity contribution in [1.82, 2.24) is 4.90 Å².